The minimum absolute atomic E-state index is 0.0515. The fourth-order valence-electron chi connectivity index (χ4n) is 1.72. The highest BCUT2D eigenvalue weighted by molar-refractivity contribution is 9.09. The number of carbonyl (C=O) groups is 2. The molecule has 0 bridgehead atoms. The van der Waals surface area contributed by atoms with Crippen molar-refractivity contribution in [1.29, 1.82) is 0 Å². The van der Waals surface area contributed by atoms with E-state index in [1.807, 2.05) is 0 Å². The predicted octanol–water partition coefficient (Wildman–Crippen LogP) is 1.92. The lowest BCUT2D eigenvalue weighted by molar-refractivity contribution is -0.283. The van der Waals surface area contributed by atoms with E-state index in [-0.39, 0.29) is 6.42 Å². The van der Waals surface area contributed by atoms with Gasteiger partial charge in [0.1, 0.15) is 11.1 Å². The number of hydrogen-bond donors (Lipinski definition) is 0. The molecule has 0 N–H and O–H groups in total. The second kappa shape index (κ2) is 6.08. The minimum Gasteiger partial charge on any atom is -0.458 e. The molecule has 5 nitrogen and oxygen atoms in total. The van der Waals surface area contributed by atoms with Crippen LogP contribution in [-0.2, 0) is 23.8 Å². The molecule has 9 heteroatoms. The van der Waals surface area contributed by atoms with Gasteiger partial charge in [0, 0.05) is 20.3 Å². The maximum absolute atomic E-state index is 12.8. The highest BCUT2D eigenvalue weighted by atomic mass is 79.9. The highest BCUT2D eigenvalue weighted by Crippen LogP contribution is 2.37. The molecular formula is C10H12BrF3O5. The molecule has 0 unspecified atom stereocenters. The second-order valence-corrected chi connectivity index (χ2v) is 4.99. The van der Waals surface area contributed by atoms with Gasteiger partial charge < -0.3 is 14.2 Å². The Morgan fingerprint density at radius 2 is 1.74 bits per heavy atom. The summed E-state index contributed by atoms with van der Waals surface area (Å²) in [6.45, 7) is 2.03. The molecule has 1 rings (SSSR count). The van der Waals surface area contributed by atoms with E-state index in [1.54, 1.807) is 0 Å². The van der Waals surface area contributed by atoms with Gasteiger partial charge in [0.05, 0.1) is 0 Å². The number of esters is 2. The molecule has 110 valence electrons. The van der Waals surface area contributed by atoms with Crippen LogP contribution < -0.4 is 0 Å². The van der Waals surface area contributed by atoms with E-state index >= 15 is 0 Å². The van der Waals surface area contributed by atoms with Crippen molar-refractivity contribution in [2.75, 3.05) is 0 Å². The molecule has 0 aromatic heterocycles. The third kappa shape index (κ3) is 4.64. The van der Waals surface area contributed by atoms with Gasteiger partial charge in [-0.15, -0.1) is 0 Å². The van der Waals surface area contributed by atoms with Gasteiger partial charge in [-0.3, -0.25) is 9.59 Å². The first-order valence-corrected chi connectivity index (χ1v) is 6.23. The highest BCUT2D eigenvalue weighted by Gasteiger charge is 2.55. The maximum atomic E-state index is 12.8. The fraction of sp³-hybridized carbons (Fsp3) is 0.800. The zero-order chi connectivity index (χ0) is 14.8. The number of hydrogen-bond acceptors (Lipinski definition) is 5. The zero-order valence-corrected chi connectivity index (χ0v) is 11.7. The number of rotatable bonds is 2. The first-order chi connectivity index (χ1) is 8.61. The Bertz CT molecular complexity index is 360. The van der Waals surface area contributed by atoms with Gasteiger partial charge in [-0.25, -0.2) is 0 Å². The third-order valence-corrected chi connectivity index (χ3v) is 2.91. The quantitative estimate of drug-likeness (QED) is 0.563. The van der Waals surface area contributed by atoms with Crippen LogP contribution in [0.1, 0.15) is 20.3 Å². The lowest BCUT2D eigenvalue weighted by Crippen LogP contribution is -2.56. The van der Waals surface area contributed by atoms with Crippen LogP contribution in [0.25, 0.3) is 0 Å². The summed E-state index contributed by atoms with van der Waals surface area (Å²) in [5.41, 5.74) is 0. The molecule has 0 aromatic rings. The summed E-state index contributed by atoms with van der Waals surface area (Å²) in [5.74, 6) is -1.67. The van der Waals surface area contributed by atoms with E-state index in [2.05, 4.69) is 20.7 Å². The van der Waals surface area contributed by atoms with Crippen LogP contribution in [0.15, 0.2) is 0 Å². The van der Waals surface area contributed by atoms with Crippen LogP contribution in [-0.4, -0.2) is 41.4 Å². The van der Waals surface area contributed by atoms with Crippen molar-refractivity contribution >= 4 is 27.9 Å². The summed E-state index contributed by atoms with van der Waals surface area (Å²) < 4.78 is 52.6. The van der Waals surface area contributed by atoms with Gasteiger partial charge in [-0.1, -0.05) is 15.9 Å². The Kier molecular flexibility index (Phi) is 5.19. The summed E-state index contributed by atoms with van der Waals surface area (Å²) in [7, 11) is 0. The smallest absolute Gasteiger partial charge is 0.418 e. The average molecular weight is 349 g/mol. The van der Waals surface area contributed by atoms with E-state index in [4.69, 9.17) is 9.47 Å². The Morgan fingerprint density at radius 3 is 2.16 bits per heavy atom. The molecule has 0 aliphatic carbocycles. The molecule has 0 aromatic carbocycles. The Balaban J connectivity index is 2.98. The predicted molar refractivity (Wildman–Crippen MR) is 59.4 cm³/mol. The minimum atomic E-state index is -4.75. The summed E-state index contributed by atoms with van der Waals surface area (Å²) in [6, 6.07) is 0. The molecule has 1 fully saturated rings. The van der Waals surface area contributed by atoms with Crippen molar-refractivity contribution in [1.82, 2.24) is 0 Å². The van der Waals surface area contributed by atoms with Crippen LogP contribution in [0, 0.1) is 0 Å². The SMILES string of the molecule is CC(=O)O[C@H]1[C@@H](OC(C)=O)C[C@@H](Br)O[C@H]1C(F)(F)F. The number of ether oxygens (including phenoxy) is 3. The summed E-state index contributed by atoms with van der Waals surface area (Å²) in [6.07, 6.45) is -10.1. The molecular weight excluding hydrogens is 337 g/mol. The Labute approximate surface area is 115 Å². The van der Waals surface area contributed by atoms with E-state index in [0.717, 1.165) is 13.8 Å². The molecule has 0 radical (unpaired) electrons. The van der Waals surface area contributed by atoms with Crippen molar-refractivity contribution in [3.05, 3.63) is 0 Å². The van der Waals surface area contributed by atoms with E-state index < -0.39 is 41.4 Å². The fourth-order valence-corrected chi connectivity index (χ4v) is 2.33. The monoisotopic (exact) mass is 348 g/mol. The summed E-state index contributed by atoms with van der Waals surface area (Å²) in [5, 5.41) is -0.949. The second-order valence-electron chi connectivity index (χ2n) is 3.97. The molecule has 0 saturated carbocycles. The lowest BCUT2D eigenvalue weighted by Gasteiger charge is -2.39. The molecule has 4 atom stereocenters. The van der Waals surface area contributed by atoms with E-state index in [1.165, 1.54) is 0 Å². The normalized spacial score (nSPS) is 31.7. The largest absolute Gasteiger partial charge is 0.458 e. The van der Waals surface area contributed by atoms with E-state index in [9.17, 15) is 22.8 Å². The van der Waals surface area contributed by atoms with Gasteiger partial charge in [-0.05, 0) is 0 Å². The number of halogens is 4. The number of carbonyl (C=O) groups excluding carboxylic acids is 2. The molecule has 1 aliphatic rings. The standard InChI is InChI=1S/C10H12BrF3O5/c1-4(15)17-6-3-7(11)19-9(10(12,13)14)8(6)18-5(2)16/h6-9H,3H2,1-2H3/t6-,7-,8-,9+/m0/s1. The van der Waals surface area contributed by atoms with Crippen LogP contribution in [0.2, 0.25) is 0 Å². The first kappa shape index (κ1) is 16.2. The molecule has 1 saturated heterocycles. The third-order valence-electron chi connectivity index (χ3n) is 2.32. The van der Waals surface area contributed by atoms with Crippen molar-refractivity contribution in [2.45, 2.75) is 49.8 Å². The van der Waals surface area contributed by atoms with Gasteiger partial charge in [0.25, 0.3) is 0 Å². The van der Waals surface area contributed by atoms with Crippen LogP contribution in [0.5, 0.6) is 0 Å². The van der Waals surface area contributed by atoms with Crippen molar-refractivity contribution in [3.8, 4) is 0 Å². The van der Waals surface area contributed by atoms with Crippen LogP contribution in [0.3, 0.4) is 0 Å². The summed E-state index contributed by atoms with van der Waals surface area (Å²) in [4.78, 5) is 21.8. The van der Waals surface area contributed by atoms with Crippen LogP contribution >= 0.6 is 15.9 Å². The Morgan fingerprint density at radius 1 is 1.21 bits per heavy atom. The number of alkyl halides is 4. The molecule has 0 spiro atoms. The lowest BCUT2D eigenvalue weighted by atomic mass is 10.0. The van der Waals surface area contributed by atoms with Crippen molar-refractivity contribution in [3.63, 3.8) is 0 Å². The van der Waals surface area contributed by atoms with Crippen molar-refractivity contribution < 1.29 is 37.0 Å². The zero-order valence-electron chi connectivity index (χ0n) is 10.1. The van der Waals surface area contributed by atoms with Gasteiger partial charge >= 0.3 is 18.1 Å². The van der Waals surface area contributed by atoms with E-state index in [0.29, 0.717) is 0 Å². The molecule has 1 aliphatic heterocycles. The summed E-state index contributed by atoms with van der Waals surface area (Å²) >= 11 is 2.89. The maximum Gasteiger partial charge on any atom is 0.418 e. The van der Waals surface area contributed by atoms with Gasteiger partial charge in [0.2, 0.25) is 0 Å². The van der Waals surface area contributed by atoms with Gasteiger partial charge in [-0.2, -0.15) is 13.2 Å². The first-order valence-electron chi connectivity index (χ1n) is 5.32. The molecule has 0 amide bonds. The van der Waals surface area contributed by atoms with Gasteiger partial charge in [0.15, 0.2) is 12.2 Å². The molecule has 19 heavy (non-hydrogen) atoms. The Hall–Kier alpha value is -0.830. The van der Waals surface area contributed by atoms with Crippen molar-refractivity contribution in [2.24, 2.45) is 0 Å². The molecule has 1 heterocycles. The average Bonchev–Trinajstić information content (AvgIpc) is 2.18. The van der Waals surface area contributed by atoms with Crippen LogP contribution in [0.4, 0.5) is 13.2 Å². The topological polar surface area (TPSA) is 61.8 Å².